The van der Waals surface area contributed by atoms with E-state index in [1.165, 1.54) is 30.8 Å². The summed E-state index contributed by atoms with van der Waals surface area (Å²) in [6, 6.07) is 0.375. The van der Waals surface area contributed by atoms with Gasteiger partial charge in [0.2, 0.25) is 11.8 Å². The molecular weight excluding hydrogens is 242 g/mol. The lowest BCUT2D eigenvalue weighted by molar-refractivity contribution is -0.139. The van der Waals surface area contributed by atoms with E-state index in [0.29, 0.717) is 18.4 Å². The average molecular weight is 263 g/mol. The molecule has 2 amide bonds. The highest BCUT2D eigenvalue weighted by Gasteiger charge is 2.47. The van der Waals surface area contributed by atoms with Crippen molar-refractivity contribution in [3.05, 3.63) is 0 Å². The molecule has 19 heavy (non-hydrogen) atoms. The summed E-state index contributed by atoms with van der Waals surface area (Å²) in [5, 5.41) is 3.49. The number of nitrogens with zero attached hydrogens (tertiary/aromatic N) is 2. The summed E-state index contributed by atoms with van der Waals surface area (Å²) < 4.78 is 0. The zero-order valence-electron chi connectivity index (χ0n) is 11.2. The third-order valence-corrected chi connectivity index (χ3v) is 5.17. The van der Waals surface area contributed by atoms with Gasteiger partial charge in [-0.2, -0.15) is 0 Å². The molecule has 2 unspecified atom stereocenters. The smallest absolute Gasteiger partial charge is 0.247 e. The van der Waals surface area contributed by atoms with Gasteiger partial charge in [-0.3, -0.25) is 14.5 Å². The first-order valence-electron chi connectivity index (χ1n) is 7.56. The van der Waals surface area contributed by atoms with Crippen molar-refractivity contribution in [3.63, 3.8) is 0 Å². The maximum absolute atomic E-state index is 12.3. The largest absolute Gasteiger partial charge is 0.302 e. The van der Waals surface area contributed by atoms with E-state index in [1.807, 2.05) is 0 Å². The summed E-state index contributed by atoms with van der Waals surface area (Å²) in [6.45, 7) is 3.45. The van der Waals surface area contributed by atoms with Gasteiger partial charge in [-0.15, -0.1) is 0 Å². The lowest BCUT2D eigenvalue weighted by Crippen LogP contribution is -2.59. The molecule has 5 heteroatoms. The van der Waals surface area contributed by atoms with Gasteiger partial charge < -0.3 is 10.2 Å². The quantitative estimate of drug-likeness (QED) is 0.726. The van der Waals surface area contributed by atoms with Gasteiger partial charge in [-0.05, 0) is 44.7 Å². The van der Waals surface area contributed by atoms with Crippen LogP contribution in [0.1, 0.15) is 32.1 Å². The Hall–Kier alpha value is -0.940. The summed E-state index contributed by atoms with van der Waals surface area (Å²) in [6.07, 6.45) is 4.85. The fourth-order valence-electron chi connectivity index (χ4n) is 3.91. The maximum atomic E-state index is 12.3. The summed E-state index contributed by atoms with van der Waals surface area (Å²) >= 11 is 0. The molecule has 1 aliphatic carbocycles. The van der Waals surface area contributed by atoms with Crippen LogP contribution in [0.15, 0.2) is 0 Å². The number of piperidine rings is 3. The second-order valence-electron chi connectivity index (χ2n) is 6.50. The lowest BCUT2D eigenvalue weighted by atomic mass is 9.83. The minimum atomic E-state index is -0.251. The molecule has 5 rings (SSSR count). The van der Waals surface area contributed by atoms with Gasteiger partial charge in [0.05, 0.1) is 12.5 Å². The topological polar surface area (TPSA) is 52.7 Å². The van der Waals surface area contributed by atoms with Crippen LogP contribution in [-0.4, -0.2) is 59.4 Å². The van der Waals surface area contributed by atoms with Crippen molar-refractivity contribution in [1.29, 1.82) is 0 Å². The third-order valence-electron chi connectivity index (χ3n) is 5.17. The lowest BCUT2D eigenvalue weighted by Gasteiger charge is -2.45. The number of hydrogen-bond acceptors (Lipinski definition) is 4. The SMILES string of the molecule is O=C1CC(NC2CN3CCC2CC3)C(=O)N1C1CC1. The maximum Gasteiger partial charge on any atom is 0.247 e. The Bertz CT molecular complexity index is 413. The van der Waals surface area contributed by atoms with Gasteiger partial charge in [0, 0.05) is 18.6 Å². The molecule has 4 aliphatic heterocycles. The summed E-state index contributed by atoms with van der Waals surface area (Å²) in [4.78, 5) is 28.2. The van der Waals surface area contributed by atoms with Gasteiger partial charge in [0.25, 0.3) is 0 Å². The highest BCUT2D eigenvalue weighted by molar-refractivity contribution is 6.06. The van der Waals surface area contributed by atoms with E-state index in [-0.39, 0.29) is 23.9 Å². The molecule has 0 radical (unpaired) electrons. The van der Waals surface area contributed by atoms with Crippen LogP contribution in [0.4, 0.5) is 0 Å². The first kappa shape index (κ1) is 11.9. The fraction of sp³-hybridized carbons (Fsp3) is 0.857. The first-order chi connectivity index (χ1) is 9.22. The molecule has 0 aromatic heterocycles. The van der Waals surface area contributed by atoms with Crippen molar-refractivity contribution in [3.8, 4) is 0 Å². The standard InChI is InChI=1S/C14H21N3O2/c18-13-7-11(14(19)17(13)10-1-2-10)15-12-8-16-5-3-9(12)4-6-16/h9-12,15H,1-8H2. The number of nitrogens with one attached hydrogen (secondary N) is 1. The highest BCUT2D eigenvalue weighted by Crippen LogP contribution is 2.33. The van der Waals surface area contributed by atoms with Gasteiger partial charge in [0.1, 0.15) is 0 Å². The Labute approximate surface area is 113 Å². The van der Waals surface area contributed by atoms with Crippen molar-refractivity contribution in [1.82, 2.24) is 15.1 Å². The summed E-state index contributed by atoms with van der Waals surface area (Å²) in [5.41, 5.74) is 0. The van der Waals surface area contributed by atoms with Crippen LogP contribution < -0.4 is 5.32 Å². The molecule has 0 aromatic carbocycles. The molecule has 104 valence electrons. The number of rotatable bonds is 3. The fourth-order valence-corrected chi connectivity index (χ4v) is 3.91. The van der Waals surface area contributed by atoms with Crippen molar-refractivity contribution >= 4 is 11.8 Å². The number of imide groups is 1. The van der Waals surface area contributed by atoms with E-state index in [4.69, 9.17) is 0 Å². The molecular formula is C14H21N3O2. The molecule has 5 fully saturated rings. The first-order valence-corrected chi connectivity index (χ1v) is 7.56. The Kier molecular flexibility index (Phi) is 2.67. The zero-order chi connectivity index (χ0) is 13.0. The Balaban J connectivity index is 1.43. The Morgan fingerprint density at radius 2 is 1.79 bits per heavy atom. The van der Waals surface area contributed by atoms with E-state index in [2.05, 4.69) is 10.2 Å². The number of likely N-dealkylation sites (tertiary alicyclic amines) is 1. The van der Waals surface area contributed by atoms with Crippen LogP contribution in [0.2, 0.25) is 0 Å². The summed E-state index contributed by atoms with van der Waals surface area (Å²) in [5.74, 6) is 0.762. The molecule has 4 heterocycles. The second kappa shape index (κ2) is 4.28. The van der Waals surface area contributed by atoms with E-state index in [1.54, 1.807) is 0 Å². The van der Waals surface area contributed by atoms with E-state index >= 15 is 0 Å². The highest BCUT2D eigenvalue weighted by atomic mass is 16.2. The number of carbonyl (C=O) groups excluding carboxylic acids is 2. The predicted molar refractivity (Wildman–Crippen MR) is 69.4 cm³/mol. The molecule has 0 spiro atoms. The van der Waals surface area contributed by atoms with Gasteiger partial charge in [-0.1, -0.05) is 0 Å². The normalized spacial score (nSPS) is 42.2. The van der Waals surface area contributed by atoms with Crippen molar-refractivity contribution < 1.29 is 9.59 Å². The van der Waals surface area contributed by atoms with E-state index in [0.717, 1.165) is 19.4 Å². The Morgan fingerprint density at radius 3 is 2.37 bits per heavy atom. The second-order valence-corrected chi connectivity index (χ2v) is 6.50. The van der Waals surface area contributed by atoms with Crippen molar-refractivity contribution in [2.24, 2.45) is 5.92 Å². The van der Waals surface area contributed by atoms with E-state index in [9.17, 15) is 9.59 Å². The van der Waals surface area contributed by atoms with E-state index < -0.39 is 0 Å². The molecule has 1 N–H and O–H groups in total. The van der Waals surface area contributed by atoms with Crippen molar-refractivity contribution in [2.75, 3.05) is 19.6 Å². The Morgan fingerprint density at radius 1 is 1.05 bits per heavy atom. The number of fused-ring (bicyclic) bond motifs is 3. The zero-order valence-corrected chi connectivity index (χ0v) is 11.2. The predicted octanol–water partition coefficient (Wildman–Crippen LogP) is -0.0399. The summed E-state index contributed by atoms with van der Waals surface area (Å²) in [7, 11) is 0. The van der Waals surface area contributed by atoms with Crippen LogP contribution in [0.3, 0.4) is 0 Å². The minimum absolute atomic E-state index is 0.0314. The molecule has 2 atom stereocenters. The minimum Gasteiger partial charge on any atom is -0.302 e. The number of carbonyl (C=O) groups is 2. The average Bonchev–Trinajstić information content (AvgIpc) is 3.20. The van der Waals surface area contributed by atoms with Crippen LogP contribution in [0.25, 0.3) is 0 Å². The molecule has 4 saturated heterocycles. The van der Waals surface area contributed by atoms with Gasteiger partial charge in [-0.25, -0.2) is 0 Å². The molecule has 5 nitrogen and oxygen atoms in total. The van der Waals surface area contributed by atoms with Crippen LogP contribution in [0.5, 0.6) is 0 Å². The van der Waals surface area contributed by atoms with Gasteiger partial charge >= 0.3 is 0 Å². The number of amides is 2. The molecule has 2 bridgehead atoms. The van der Waals surface area contributed by atoms with Crippen LogP contribution >= 0.6 is 0 Å². The van der Waals surface area contributed by atoms with Gasteiger partial charge in [0.15, 0.2) is 0 Å². The molecule has 0 aromatic rings. The van der Waals surface area contributed by atoms with Crippen molar-refractivity contribution in [2.45, 2.75) is 50.2 Å². The third kappa shape index (κ3) is 1.99. The monoisotopic (exact) mass is 263 g/mol. The molecule has 5 aliphatic rings. The molecule has 1 saturated carbocycles. The number of hydrogen-bond donors (Lipinski definition) is 1. The van der Waals surface area contributed by atoms with Crippen LogP contribution in [-0.2, 0) is 9.59 Å². The van der Waals surface area contributed by atoms with Crippen LogP contribution in [0, 0.1) is 5.92 Å².